The van der Waals surface area contributed by atoms with Crippen LogP contribution in [0.2, 0.25) is 0 Å². The number of carbonyl (C=O) groups excluding carboxylic acids is 2. The second-order valence-electron chi connectivity index (χ2n) is 6.69. The van der Waals surface area contributed by atoms with Crippen molar-refractivity contribution in [3.05, 3.63) is 40.4 Å². The number of benzene rings is 1. The van der Waals surface area contributed by atoms with E-state index in [0.29, 0.717) is 29.5 Å². The van der Waals surface area contributed by atoms with Crippen molar-refractivity contribution in [2.24, 2.45) is 0 Å². The van der Waals surface area contributed by atoms with Crippen LogP contribution in [-0.2, 0) is 4.79 Å². The molecule has 29 heavy (non-hydrogen) atoms. The molecule has 1 heterocycles. The molecule has 8 heteroatoms. The van der Waals surface area contributed by atoms with E-state index in [1.54, 1.807) is 36.3 Å². The number of rotatable bonds is 10. The first-order chi connectivity index (χ1) is 13.9. The van der Waals surface area contributed by atoms with Crippen LogP contribution < -0.4 is 10.1 Å². The van der Waals surface area contributed by atoms with Gasteiger partial charge in [0.2, 0.25) is 5.91 Å². The van der Waals surface area contributed by atoms with E-state index in [2.05, 4.69) is 29.0 Å². The third kappa shape index (κ3) is 6.54. The highest BCUT2D eigenvalue weighted by Crippen LogP contribution is 2.21. The van der Waals surface area contributed by atoms with Crippen LogP contribution in [0.5, 0.6) is 5.75 Å². The maximum atomic E-state index is 13.1. The Balaban J connectivity index is 2.11. The molecule has 0 spiro atoms. The highest BCUT2D eigenvalue weighted by molar-refractivity contribution is 7.15. The number of carbonyl (C=O) groups is 2. The van der Waals surface area contributed by atoms with Crippen molar-refractivity contribution in [2.75, 3.05) is 45.2 Å². The lowest BCUT2D eigenvalue weighted by molar-refractivity contribution is -0.116. The number of aryl methyl sites for hydroxylation is 2. The number of methoxy groups -OCH3 is 1. The van der Waals surface area contributed by atoms with E-state index in [1.807, 2.05) is 13.8 Å². The SMILES string of the molecule is CCN(CC)CCN(CC(=O)Nc1nc(C)c(C)s1)C(=O)c1ccc(OC)cc1. The molecule has 0 aliphatic carbocycles. The van der Waals surface area contributed by atoms with Gasteiger partial charge >= 0.3 is 0 Å². The normalized spacial score (nSPS) is 10.8. The molecule has 2 aromatic rings. The predicted molar refractivity (Wildman–Crippen MR) is 117 cm³/mol. The van der Waals surface area contributed by atoms with Gasteiger partial charge < -0.3 is 19.9 Å². The highest BCUT2D eigenvalue weighted by atomic mass is 32.1. The van der Waals surface area contributed by atoms with Crippen LogP contribution in [0.4, 0.5) is 5.13 Å². The number of nitrogens with zero attached hydrogens (tertiary/aromatic N) is 3. The third-order valence-corrected chi connectivity index (χ3v) is 5.80. The highest BCUT2D eigenvalue weighted by Gasteiger charge is 2.20. The summed E-state index contributed by atoms with van der Waals surface area (Å²) in [6.45, 7) is 11.0. The van der Waals surface area contributed by atoms with Gasteiger partial charge in [-0.25, -0.2) is 4.98 Å². The minimum atomic E-state index is -0.250. The Morgan fingerprint density at radius 3 is 2.28 bits per heavy atom. The van der Waals surface area contributed by atoms with E-state index in [1.165, 1.54) is 11.3 Å². The maximum Gasteiger partial charge on any atom is 0.254 e. The second-order valence-corrected chi connectivity index (χ2v) is 7.89. The van der Waals surface area contributed by atoms with Gasteiger partial charge in [-0.15, -0.1) is 11.3 Å². The zero-order chi connectivity index (χ0) is 21.4. The van der Waals surface area contributed by atoms with Crippen LogP contribution in [-0.4, -0.2) is 66.4 Å². The van der Waals surface area contributed by atoms with Crippen LogP contribution >= 0.6 is 11.3 Å². The van der Waals surface area contributed by atoms with Gasteiger partial charge in [0.15, 0.2) is 5.13 Å². The molecule has 0 atom stereocenters. The lowest BCUT2D eigenvalue weighted by Gasteiger charge is -2.26. The average molecular weight is 419 g/mol. The number of ether oxygens (including phenoxy) is 1. The molecule has 1 aromatic carbocycles. The summed E-state index contributed by atoms with van der Waals surface area (Å²) < 4.78 is 5.16. The summed E-state index contributed by atoms with van der Waals surface area (Å²) in [6.07, 6.45) is 0. The minimum absolute atomic E-state index is 0.0240. The number of likely N-dealkylation sites (N-methyl/N-ethyl adjacent to an activating group) is 1. The summed E-state index contributed by atoms with van der Waals surface area (Å²) in [7, 11) is 1.58. The quantitative estimate of drug-likeness (QED) is 0.641. The molecule has 7 nitrogen and oxygen atoms in total. The summed E-state index contributed by atoms with van der Waals surface area (Å²) >= 11 is 1.44. The second kappa shape index (κ2) is 10.9. The lowest BCUT2D eigenvalue weighted by Crippen LogP contribution is -2.42. The van der Waals surface area contributed by atoms with Gasteiger partial charge in [0.1, 0.15) is 12.3 Å². The molecule has 2 amide bonds. The number of anilines is 1. The van der Waals surface area contributed by atoms with Crippen LogP contribution in [0.25, 0.3) is 0 Å². The maximum absolute atomic E-state index is 13.1. The fourth-order valence-corrected chi connectivity index (χ4v) is 3.66. The van der Waals surface area contributed by atoms with E-state index < -0.39 is 0 Å². The van der Waals surface area contributed by atoms with E-state index in [9.17, 15) is 9.59 Å². The Kier molecular flexibility index (Phi) is 8.60. The monoisotopic (exact) mass is 418 g/mol. The fraction of sp³-hybridized carbons (Fsp3) is 0.476. The van der Waals surface area contributed by atoms with E-state index >= 15 is 0 Å². The summed E-state index contributed by atoms with van der Waals surface area (Å²) in [5, 5.41) is 3.38. The Morgan fingerprint density at radius 1 is 1.10 bits per heavy atom. The molecular weight excluding hydrogens is 388 g/mol. The van der Waals surface area contributed by atoms with E-state index in [-0.39, 0.29) is 18.4 Å². The standard InChI is InChI=1S/C21H30N4O3S/c1-6-24(7-2)12-13-25(20(27)17-8-10-18(28-5)11-9-17)14-19(26)23-21-22-15(3)16(4)29-21/h8-11H,6-7,12-14H2,1-5H3,(H,22,23,26). The van der Waals surface area contributed by atoms with Gasteiger partial charge in [-0.1, -0.05) is 13.8 Å². The zero-order valence-corrected chi connectivity index (χ0v) is 18.6. The van der Waals surface area contributed by atoms with Gasteiger partial charge in [0.25, 0.3) is 5.91 Å². The van der Waals surface area contributed by atoms with Gasteiger partial charge in [0.05, 0.1) is 12.8 Å². The fourth-order valence-electron chi connectivity index (χ4n) is 2.83. The first kappa shape index (κ1) is 22.8. The molecule has 2 rings (SSSR count). The molecule has 0 aliphatic heterocycles. The Bertz CT molecular complexity index is 796. The van der Waals surface area contributed by atoms with Crippen molar-refractivity contribution in [1.29, 1.82) is 0 Å². The number of amides is 2. The Morgan fingerprint density at radius 2 is 1.76 bits per heavy atom. The number of hydrogen-bond donors (Lipinski definition) is 1. The predicted octanol–water partition coefficient (Wildman–Crippen LogP) is 3.19. The molecule has 0 unspecified atom stereocenters. The van der Waals surface area contributed by atoms with Gasteiger partial charge in [-0.05, 0) is 51.2 Å². The first-order valence-electron chi connectivity index (χ1n) is 9.77. The molecular formula is C21H30N4O3S. The van der Waals surface area contributed by atoms with Crippen LogP contribution in [0.3, 0.4) is 0 Å². The van der Waals surface area contributed by atoms with E-state index in [0.717, 1.165) is 23.7 Å². The van der Waals surface area contributed by atoms with Crippen LogP contribution in [0, 0.1) is 13.8 Å². The number of nitrogens with one attached hydrogen (secondary N) is 1. The first-order valence-corrected chi connectivity index (χ1v) is 10.6. The van der Waals surface area contributed by atoms with Crippen molar-refractivity contribution < 1.29 is 14.3 Å². The summed E-state index contributed by atoms with van der Waals surface area (Å²) in [4.78, 5) is 34.9. The van der Waals surface area contributed by atoms with Gasteiger partial charge in [0, 0.05) is 23.5 Å². The molecule has 1 N–H and O–H groups in total. The number of hydrogen-bond acceptors (Lipinski definition) is 6. The van der Waals surface area contributed by atoms with Gasteiger partial charge in [-0.3, -0.25) is 9.59 Å². The van der Waals surface area contributed by atoms with Crippen LogP contribution in [0.1, 0.15) is 34.8 Å². The molecule has 0 saturated carbocycles. The number of thiazole rings is 1. The van der Waals surface area contributed by atoms with Gasteiger partial charge in [-0.2, -0.15) is 0 Å². The molecule has 0 aliphatic rings. The molecule has 1 aromatic heterocycles. The summed E-state index contributed by atoms with van der Waals surface area (Å²) in [6, 6.07) is 6.93. The van der Waals surface area contributed by atoms with E-state index in [4.69, 9.17) is 4.74 Å². The molecule has 0 fully saturated rings. The van der Waals surface area contributed by atoms with Crippen molar-refractivity contribution in [1.82, 2.24) is 14.8 Å². The van der Waals surface area contributed by atoms with Crippen molar-refractivity contribution in [3.8, 4) is 5.75 Å². The van der Waals surface area contributed by atoms with Crippen molar-refractivity contribution in [3.63, 3.8) is 0 Å². The molecule has 0 bridgehead atoms. The topological polar surface area (TPSA) is 74.8 Å². The summed E-state index contributed by atoms with van der Waals surface area (Å²) in [5.41, 5.74) is 1.43. The van der Waals surface area contributed by atoms with Crippen LogP contribution in [0.15, 0.2) is 24.3 Å². The average Bonchev–Trinajstić information content (AvgIpc) is 3.03. The largest absolute Gasteiger partial charge is 0.497 e. The summed E-state index contributed by atoms with van der Waals surface area (Å²) in [5.74, 6) is 0.255. The Hall–Kier alpha value is -2.45. The smallest absolute Gasteiger partial charge is 0.254 e. The van der Waals surface area contributed by atoms with Crippen molar-refractivity contribution >= 4 is 28.3 Å². The molecule has 158 valence electrons. The lowest BCUT2D eigenvalue weighted by atomic mass is 10.2. The molecule has 0 saturated heterocycles. The Labute approximate surface area is 176 Å². The van der Waals surface area contributed by atoms with Crippen molar-refractivity contribution in [2.45, 2.75) is 27.7 Å². The minimum Gasteiger partial charge on any atom is -0.497 e. The third-order valence-electron chi connectivity index (χ3n) is 4.81. The number of aromatic nitrogens is 1. The zero-order valence-electron chi connectivity index (χ0n) is 17.8. The molecule has 0 radical (unpaired) electrons.